The summed E-state index contributed by atoms with van der Waals surface area (Å²) in [6, 6.07) is 1.49. The van der Waals surface area contributed by atoms with E-state index in [0.717, 1.165) is 53.5 Å². The van der Waals surface area contributed by atoms with E-state index in [4.69, 9.17) is 0 Å². The molecule has 0 aromatic carbocycles. The third-order valence-corrected chi connectivity index (χ3v) is 9.79. The lowest BCUT2D eigenvalue weighted by Crippen LogP contribution is -2.46. The van der Waals surface area contributed by atoms with Gasteiger partial charge in [0.1, 0.15) is 0 Å². The Labute approximate surface area is 181 Å². The van der Waals surface area contributed by atoms with Crippen molar-refractivity contribution >= 4 is 0 Å². The van der Waals surface area contributed by atoms with Crippen molar-refractivity contribution in [3.63, 3.8) is 0 Å². The average molecular weight is 403 g/mol. The summed E-state index contributed by atoms with van der Waals surface area (Å²) >= 11 is 0. The van der Waals surface area contributed by atoms with Crippen molar-refractivity contribution in [1.82, 2.24) is 10.6 Å². The molecule has 4 fully saturated rings. The normalized spacial score (nSPS) is 42.6. The van der Waals surface area contributed by atoms with Gasteiger partial charge in [-0.15, -0.1) is 0 Å². The fourth-order valence-corrected chi connectivity index (χ4v) is 7.61. The molecule has 4 rings (SSSR count). The van der Waals surface area contributed by atoms with Gasteiger partial charge in [-0.1, -0.05) is 47.0 Å². The summed E-state index contributed by atoms with van der Waals surface area (Å²) in [6.45, 7) is 9.76. The van der Waals surface area contributed by atoms with Gasteiger partial charge >= 0.3 is 0 Å². The number of hydrogen-bond donors (Lipinski definition) is 2. The van der Waals surface area contributed by atoms with Crippen molar-refractivity contribution in [3.8, 4) is 0 Å². The average Bonchev–Trinajstić information content (AvgIpc) is 3.20. The smallest absolute Gasteiger partial charge is 0.0606 e. The molecule has 3 aliphatic carbocycles. The lowest BCUT2D eigenvalue weighted by molar-refractivity contribution is 0.145. The first-order valence-electron chi connectivity index (χ1n) is 13.5. The zero-order valence-electron chi connectivity index (χ0n) is 20.0. The van der Waals surface area contributed by atoms with E-state index < -0.39 is 0 Å². The van der Waals surface area contributed by atoms with Crippen LogP contribution < -0.4 is 10.6 Å². The summed E-state index contributed by atoms with van der Waals surface area (Å²) in [6.07, 6.45) is 19.7. The molecule has 4 aliphatic rings. The first kappa shape index (κ1) is 22.1. The minimum Gasteiger partial charge on any atom is -0.297 e. The molecule has 1 heterocycles. The molecule has 0 spiro atoms. The molecule has 2 atom stereocenters. The maximum atomic E-state index is 4.24. The van der Waals surface area contributed by atoms with Crippen LogP contribution in [-0.2, 0) is 0 Å². The molecular weight excluding hydrogens is 352 g/mol. The summed E-state index contributed by atoms with van der Waals surface area (Å²) in [5.41, 5.74) is 0. The molecule has 3 saturated carbocycles. The molecule has 1 saturated heterocycles. The Morgan fingerprint density at radius 1 is 0.483 bits per heavy atom. The minimum atomic E-state index is 0.607. The highest BCUT2D eigenvalue weighted by atomic mass is 15.3. The molecule has 1 aliphatic heterocycles. The van der Waals surface area contributed by atoms with Crippen LogP contribution in [0.4, 0.5) is 0 Å². The lowest BCUT2D eigenvalue weighted by atomic mass is 9.69. The molecule has 0 aromatic heterocycles. The van der Waals surface area contributed by atoms with Gasteiger partial charge in [-0.25, -0.2) is 0 Å². The van der Waals surface area contributed by atoms with Crippen LogP contribution in [0.2, 0.25) is 0 Å². The maximum Gasteiger partial charge on any atom is 0.0606 e. The van der Waals surface area contributed by atoms with E-state index in [-0.39, 0.29) is 0 Å². The second-order valence-electron chi connectivity index (χ2n) is 12.1. The number of nitrogens with one attached hydrogen (secondary N) is 2. The largest absolute Gasteiger partial charge is 0.297 e. The van der Waals surface area contributed by atoms with Crippen molar-refractivity contribution in [3.05, 3.63) is 0 Å². The first-order valence-corrected chi connectivity index (χ1v) is 13.5. The van der Waals surface area contributed by atoms with E-state index in [1.54, 1.807) is 0 Å². The molecule has 2 nitrogen and oxygen atoms in total. The highest BCUT2D eigenvalue weighted by Gasteiger charge is 2.45. The summed E-state index contributed by atoms with van der Waals surface area (Å²) in [7, 11) is 0. The zero-order chi connectivity index (χ0) is 20.4. The highest BCUT2D eigenvalue weighted by molar-refractivity contribution is 5.03. The molecule has 0 aromatic rings. The first-order chi connectivity index (χ1) is 14.0. The van der Waals surface area contributed by atoms with Crippen LogP contribution in [-0.4, -0.2) is 18.2 Å². The van der Waals surface area contributed by atoms with Crippen molar-refractivity contribution in [2.24, 2.45) is 41.4 Å². The van der Waals surface area contributed by atoms with E-state index in [0.29, 0.717) is 6.17 Å². The standard InChI is InChI=1S/C27H50N2/c1-18(2)20-10-14-22(15-11-20)25-26(23-16-12-21(13-17-23)19(3)4)29-27(28-25)24-8-6-5-7-9-24/h18-29H,5-17H2,1-4H3. The topological polar surface area (TPSA) is 24.1 Å². The Bertz CT molecular complexity index is 443. The molecule has 168 valence electrons. The van der Waals surface area contributed by atoms with Crippen molar-refractivity contribution in [2.45, 2.75) is 129 Å². The summed E-state index contributed by atoms with van der Waals surface area (Å²) < 4.78 is 0. The fraction of sp³-hybridized carbons (Fsp3) is 1.00. The van der Waals surface area contributed by atoms with Gasteiger partial charge in [0.2, 0.25) is 0 Å². The predicted octanol–water partition coefficient (Wildman–Crippen LogP) is 6.75. The van der Waals surface area contributed by atoms with Crippen LogP contribution in [0, 0.1) is 41.4 Å². The summed E-state index contributed by atoms with van der Waals surface area (Å²) in [5.74, 6) is 6.43. The Kier molecular flexibility index (Phi) is 7.65. The quantitative estimate of drug-likeness (QED) is 0.531. The number of hydrogen-bond acceptors (Lipinski definition) is 2. The minimum absolute atomic E-state index is 0.607. The van der Waals surface area contributed by atoms with E-state index in [1.165, 1.54) is 83.5 Å². The van der Waals surface area contributed by atoms with Gasteiger partial charge in [-0.3, -0.25) is 10.6 Å². The second kappa shape index (κ2) is 10.0. The van der Waals surface area contributed by atoms with Crippen molar-refractivity contribution < 1.29 is 0 Å². The lowest BCUT2D eigenvalue weighted by Gasteiger charge is -2.40. The molecule has 2 heteroatoms. The summed E-state index contributed by atoms with van der Waals surface area (Å²) in [4.78, 5) is 0. The van der Waals surface area contributed by atoms with Crippen LogP contribution >= 0.6 is 0 Å². The van der Waals surface area contributed by atoms with Crippen molar-refractivity contribution in [1.29, 1.82) is 0 Å². The molecule has 2 N–H and O–H groups in total. The Hall–Kier alpha value is -0.0800. The van der Waals surface area contributed by atoms with Gasteiger partial charge in [0, 0.05) is 12.1 Å². The van der Waals surface area contributed by atoms with Gasteiger partial charge in [0.15, 0.2) is 0 Å². The number of rotatable bonds is 5. The van der Waals surface area contributed by atoms with Crippen LogP contribution in [0.5, 0.6) is 0 Å². The monoisotopic (exact) mass is 402 g/mol. The van der Waals surface area contributed by atoms with Gasteiger partial charge in [0.05, 0.1) is 6.17 Å². The summed E-state index contributed by atoms with van der Waals surface area (Å²) in [5, 5.41) is 8.49. The van der Waals surface area contributed by atoms with Crippen LogP contribution in [0.15, 0.2) is 0 Å². The molecule has 29 heavy (non-hydrogen) atoms. The van der Waals surface area contributed by atoms with E-state index in [2.05, 4.69) is 38.3 Å². The Morgan fingerprint density at radius 3 is 1.28 bits per heavy atom. The third kappa shape index (κ3) is 5.22. The highest BCUT2D eigenvalue weighted by Crippen LogP contribution is 2.42. The zero-order valence-corrected chi connectivity index (χ0v) is 20.0. The van der Waals surface area contributed by atoms with E-state index in [9.17, 15) is 0 Å². The molecule has 0 bridgehead atoms. The van der Waals surface area contributed by atoms with E-state index in [1.807, 2.05) is 0 Å². The van der Waals surface area contributed by atoms with Crippen LogP contribution in [0.25, 0.3) is 0 Å². The van der Waals surface area contributed by atoms with E-state index >= 15 is 0 Å². The second-order valence-corrected chi connectivity index (χ2v) is 12.1. The van der Waals surface area contributed by atoms with Crippen LogP contribution in [0.1, 0.15) is 111 Å². The fourth-order valence-electron chi connectivity index (χ4n) is 7.61. The molecule has 2 unspecified atom stereocenters. The Balaban J connectivity index is 1.41. The third-order valence-electron chi connectivity index (χ3n) is 9.79. The predicted molar refractivity (Wildman–Crippen MR) is 125 cm³/mol. The molecule has 0 amide bonds. The Morgan fingerprint density at radius 2 is 0.897 bits per heavy atom. The molecular formula is C27H50N2. The van der Waals surface area contributed by atoms with Gasteiger partial charge < -0.3 is 0 Å². The van der Waals surface area contributed by atoms with Gasteiger partial charge in [-0.2, -0.15) is 0 Å². The van der Waals surface area contributed by atoms with Crippen LogP contribution in [0.3, 0.4) is 0 Å². The molecule has 0 radical (unpaired) electrons. The van der Waals surface area contributed by atoms with Crippen molar-refractivity contribution in [2.75, 3.05) is 0 Å². The van der Waals surface area contributed by atoms with Gasteiger partial charge in [0.25, 0.3) is 0 Å². The van der Waals surface area contributed by atoms with Gasteiger partial charge in [-0.05, 0) is 106 Å². The SMILES string of the molecule is CC(C)C1CCC(C2NC(C3CCCCC3)NC2C2CCC(C(C)C)CC2)CC1. The maximum absolute atomic E-state index is 4.24.